The molecule has 0 spiro atoms. The van der Waals surface area contributed by atoms with E-state index in [1.165, 1.54) is 17.4 Å². The van der Waals surface area contributed by atoms with Gasteiger partial charge in [0.05, 0.1) is 24.8 Å². The van der Waals surface area contributed by atoms with Crippen molar-refractivity contribution in [3.63, 3.8) is 0 Å². The molecule has 1 aliphatic heterocycles. The molecule has 2 atom stereocenters. The van der Waals surface area contributed by atoms with Gasteiger partial charge in [0.25, 0.3) is 12.0 Å². The van der Waals surface area contributed by atoms with Gasteiger partial charge in [-0.1, -0.05) is 0 Å². The number of aromatic nitrogens is 3. The van der Waals surface area contributed by atoms with Gasteiger partial charge >= 0.3 is 0 Å². The summed E-state index contributed by atoms with van der Waals surface area (Å²) in [4.78, 5) is 21.5. The highest BCUT2D eigenvalue weighted by atomic mass is 32.2. The number of aliphatic hydroxyl groups is 1. The molecular formula is C20H27F2N5O4S. The highest BCUT2D eigenvalue weighted by Gasteiger charge is 2.40. The van der Waals surface area contributed by atoms with Crippen LogP contribution in [0.5, 0.6) is 0 Å². The lowest BCUT2D eigenvalue weighted by atomic mass is 9.99. The molecule has 1 saturated carbocycles. The molecule has 0 bridgehead atoms. The first-order valence-corrected chi connectivity index (χ1v) is 12.2. The number of piperidine rings is 1. The molecule has 1 saturated heterocycles. The lowest BCUT2D eigenvalue weighted by Crippen LogP contribution is -2.42. The summed E-state index contributed by atoms with van der Waals surface area (Å²) in [6, 6.07) is -1.21. The van der Waals surface area contributed by atoms with Gasteiger partial charge in [-0.3, -0.25) is 9.36 Å². The van der Waals surface area contributed by atoms with Crippen LogP contribution in [-0.4, -0.2) is 63.3 Å². The van der Waals surface area contributed by atoms with Crippen LogP contribution in [0.1, 0.15) is 59.8 Å². The zero-order chi connectivity index (χ0) is 25.1. The van der Waals surface area contributed by atoms with Crippen LogP contribution in [0.2, 0.25) is 0 Å². The molecule has 2 aromatic rings. The van der Waals surface area contributed by atoms with E-state index >= 15 is 0 Å². The van der Waals surface area contributed by atoms with E-state index in [-0.39, 0.29) is 42.9 Å². The second-order valence-electron chi connectivity index (χ2n) is 8.62. The maximum atomic E-state index is 13.9. The maximum absolute atomic E-state index is 13.9. The number of hydrogen-bond acceptors (Lipinski definition) is 7. The zero-order valence-electron chi connectivity index (χ0n) is 19.8. The molecule has 3 heterocycles. The van der Waals surface area contributed by atoms with E-state index in [1.54, 1.807) is 0 Å². The monoisotopic (exact) mass is 473 g/mol. The molecule has 176 valence electrons. The Morgan fingerprint density at radius 2 is 2.06 bits per heavy atom. The largest absolute Gasteiger partial charge is 0.388 e. The van der Waals surface area contributed by atoms with Crippen LogP contribution in [-0.2, 0) is 10.0 Å². The van der Waals surface area contributed by atoms with Crippen molar-refractivity contribution in [2.75, 3.05) is 24.7 Å². The number of sulfonamides is 1. The Labute approximate surface area is 187 Å². The summed E-state index contributed by atoms with van der Waals surface area (Å²) in [5, 5.41) is 13.8. The van der Waals surface area contributed by atoms with Crippen molar-refractivity contribution in [1.29, 1.82) is 0 Å². The first-order chi connectivity index (χ1) is 15.6. The fourth-order valence-corrected chi connectivity index (χ4v) is 5.36. The molecule has 1 aliphatic carbocycles. The average Bonchev–Trinajstić information content (AvgIpc) is 3.04. The SMILES string of the molecule is [2H]C1(Nc2ncc3cc(C([2H])(F)F)c(=O)n([C@@H]4CCC[C@@]4(C)O)c3n2)CCN(S(C)(=O)=O)CC1. The van der Waals surface area contributed by atoms with Crippen LogP contribution in [0, 0.1) is 0 Å². The van der Waals surface area contributed by atoms with Crippen LogP contribution < -0.4 is 10.9 Å². The summed E-state index contributed by atoms with van der Waals surface area (Å²) >= 11 is 0. The van der Waals surface area contributed by atoms with Gasteiger partial charge in [0.15, 0.2) is 0 Å². The lowest BCUT2D eigenvalue weighted by molar-refractivity contribution is 0.0261. The Morgan fingerprint density at radius 1 is 1.38 bits per heavy atom. The minimum absolute atomic E-state index is 0.0137. The molecule has 9 nitrogen and oxygen atoms in total. The average molecular weight is 474 g/mol. The molecule has 2 N–H and O–H groups in total. The Hall–Kier alpha value is -2.18. The topological polar surface area (TPSA) is 117 Å². The van der Waals surface area contributed by atoms with Gasteiger partial charge in [-0.05, 0) is 45.1 Å². The smallest absolute Gasteiger partial charge is 0.269 e. The molecule has 2 aromatic heterocycles. The van der Waals surface area contributed by atoms with E-state index in [0.29, 0.717) is 19.3 Å². The summed E-state index contributed by atoms with van der Waals surface area (Å²) in [5.41, 5.74) is -3.45. The molecule has 0 unspecified atom stereocenters. The van der Waals surface area contributed by atoms with Crippen molar-refractivity contribution < 1.29 is 25.0 Å². The molecule has 32 heavy (non-hydrogen) atoms. The van der Waals surface area contributed by atoms with Gasteiger partial charge in [0, 0.05) is 30.7 Å². The number of halogens is 2. The lowest BCUT2D eigenvalue weighted by Gasteiger charge is -2.31. The molecular weight excluding hydrogens is 444 g/mol. The number of pyridine rings is 1. The number of nitrogens with one attached hydrogen (secondary N) is 1. The third-order valence-corrected chi connectivity index (χ3v) is 7.55. The van der Waals surface area contributed by atoms with Gasteiger partial charge in [-0.15, -0.1) is 0 Å². The van der Waals surface area contributed by atoms with Crippen LogP contribution in [0.3, 0.4) is 0 Å². The number of nitrogens with zero attached hydrogens (tertiary/aromatic N) is 4. The Kier molecular flexibility index (Phi) is 5.30. The minimum Gasteiger partial charge on any atom is -0.388 e. The van der Waals surface area contributed by atoms with Crippen molar-refractivity contribution >= 4 is 27.0 Å². The molecule has 2 fully saturated rings. The third kappa shape index (κ3) is 4.35. The van der Waals surface area contributed by atoms with Crippen LogP contribution >= 0.6 is 0 Å². The van der Waals surface area contributed by atoms with E-state index in [2.05, 4.69) is 15.3 Å². The first-order valence-electron chi connectivity index (χ1n) is 11.4. The Balaban J connectivity index is 1.76. The Bertz CT molecular complexity index is 1270. The van der Waals surface area contributed by atoms with Crippen LogP contribution in [0.4, 0.5) is 14.7 Å². The van der Waals surface area contributed by atoms with Gasteiger partial charge in [0.1, 0.15) is 7.02 Å². The predicted molar refractivity (Wildman–Crippen MR) is 115 cm³/mol. The number of fused-ring (bicyclic) bond motifs is 1. The van der Waals surface area contributed by atoms with Crippen molar-refractivity contribution in [3.8, 4) is 0 Å². The molecule has 0 aromatic carbocycles. The van der Waals surface area contributed by atoms with E-state index < -0.39 is 45.2 Å². The van der Waals surface area contributed by atoms with Crippen molar-refractivity contribution in [3.05, 3.63) is 28.2 Å². The third-order valence-electron chi connectivity index (χ3n) is 6.25. The fourth-order valence-electron chi connectivity index (χ4n) is 4.51. The van der Waals surface area contributed by atoms with Crippen LogP contribution in [0.15, 0.2) is 17.1 Å². The highest BCUT2D eigenvalue weighted by Crippen LogP contribution is 2.39. The number of rotatable bonds is 5. The molecule has 2 aliphatic rings. The number of anilines is 1. The van der Waals surface area contributed by atoms with Crippen molar-refractivity contribution in [2.45, 2.75) is 63.1 Å². The summed E-state index contributed by atoms with van der Waals surface area (Å²) < 4.78 is 69.4. The number of hydrogen-bond donors (Lipinski definition) is 2. The predicted octanol–water partition coefficient (Wildman–Crippen LogP) is 2.04. The van der Waals surface area contributed by atoms with Crippen molar-refractivity contribution in [1.82, 2.24) is 18.8 Å². The standard InChI is InChI=1S/C20H27F2N5O4S/c1-20(29)7-3-4-15(20)27-17-12(10-14(16(21)22)18(27)28)11-23-19(25-17)24-13-5-8-26(9-6-13)32(2,30)31/h10-11,13,15-16,29H,3-9H2,1-2H3,(H,23,24,25)/t15-,20-/m1/s1/i13D,16D. The van der Waals surface area contributed by atoms with Crippen molar-refractivity contribution in [2.24, 2.45) is 0 Å². The van der Waals surface area contributed by atoms with Gasteiger partial charge in [0.2, 0.25) is 16.0 Å². The van der Waals surface area contributed by atoms with E-state index in [1.807, 2.05) is 0 Å². The Morgan fingerprint density at radius 3 is 2.62 bits per heavy atom. The second-order valence-corrected chi connectivity index (χ2v) is 10.6. The summed E-state index contributed by atoms with van der Waals surface area (Å²) in [6.07, 6.45) is -0.167. The summed E-state index contributed by atoms with van der Waals surface area (Å²) in [5.74, 6) is -0.0218. The van der Waals surface area contributed by atoms with E-state index in [9.17, 15) is 27.1 Å². The highest BCUT2D eigenvalue weighted by molar-refractivity contribution is 7.88. The minimum atomic E-state index is -4.15. The number of alkyl halides is 2. The zero-order valence-corrected chi connectivity index (χ0v) is 18.6. The summed E-state index contributed by atoms with van der Waals surface area (Å²) in [6.45, 7) is 1.81. The second kappa shape index (κ2) is 8.31. The molecule has 12 heteroatoms. The molecule has 0 amide bonds. The fraction of sp³-hybridized carbons (Fsp3) is 0.650. The quantitative estimate of drug-likeness (QED) is 0.682. The normalized spacial score (nSPS) is 27.8. The maximum Gasteiger partial charge on any atom is 0.269 e. The summed E-state index contributed by atoms with van der Waals surface area (Å²) in [7, 11) is -3.37. The first kappa shape index (κ1) is 20.4. The van der Waals surface area contributed by atoms with Gasteiger partial charge in [-0.25, -0.2) is 26.5 Å². The molecule has 4 rings (SSSR count). The van der Waals surface area contributed by atoms with Gasteiger partial charge in [-0.2, -0.15) is 4.98 Å². The van der Waals surface area contributed by atoms with Crippen LogP contribution in [0.25, 0.3) is 11.0 Å². The van der Waals surface area contributed by atoms with Gasteiger partial charge < -0.3 is 10.4 Å². The van der Waals surface area contributed by atoms with E-state index in [0.717, 1.165) is 16.9 Å². The van der Waals surface area contributed by atoms with E-state index in [4.69, 9.17) is 2.74 Å². The molecule has 0 radical (unpaired) electrons.